The molecule has 5 nitrogen and oxygen atoms in total. The maximum Gasteiger partial charge on any atom is 0.229 e. The first-order valence-electron chi connectivity index (χ1n) is 9.28. The lowest BCUT2D eigenvalue weighted by Gasteiger charge is -2.23. The zero-order valence-corrected chi connectivity index (χ0v) is 16.0. The first-order valence-corrected chi connectivity index (χ1v) is 10.1. The lowest BCUT2D eigenvalue weighted by Crippen LogP contribution is -2.27. The summed E-state index contributed by atoms with van der Waals surface area (Å²) >= 11 is 1.52. The van der Waals surface area contributed by atoms with Gasteiger partial charge in [0.05, 0.1) is 5.69 Å². The molecule has 0 radical (unpaired) electrons. The van der Waals surface area contributed by atoms with Crippen molar-refractivity contribution in [2.24, 2.45) is 5.92 Å². The van der Waals surface area contributed by atoms with Gasteiger partial charge in [-0.15, -0.1) is 11.3 Å². The standard InChI is InChI=1S/C20H23N3O2S/c1-3-17(24)23-10-9-14-11-15(7-8-16(14)23)18-12(2)26-20(21-18)22-19(25)13-5-4-6-13/h7-8,11,13H,3-6,9-10H2,1-2H3,(H,21,22,25). The van der Waals surface area contributed by atoms with Gasteiger partial charge in [-0.3, -0.25) is 9.59 Å². The highest BCUT2D eigenvalue weighted by Gasteiger charge is 2.27. The predicted molar refractivity (Wildman–Crippen MR) is 105 cm³/mol. The van der Waals surface area contributed by atoms with E-state index in [1.54, 1.807) is 0 Å². The Bertz CT molecular complexity index is 870. The van der Waals surface area contributed by atoms with Gasteiger partial charge >= 0.3 is 0 Å². The number of carbonyl (C=O) groups excluding carboxylic acids is 2. The van der Waals surface area contributed by atoms with Crippen molar-refractivity contribution in [3.63, 3.8) is 0 Å². The fourth-order valence-electron chi connectivity index (χ4n) is 3.59. The van der Waals surface area contributed by atoms with Crippen molar-refractivity contribution in [1.29, 1.82) is 0 Å². The first kappa shape index (κ1) is 17.2. The fourth-order valence-corrected chi connectivity index (χ4v) is 4.43. The molecule has 0 unspecified atom stereocenters. The number of nitrogens with zero attached hydrogens (tertiary/aromatic N) is 2. The van der Waals surface area contributed by atoms with Crippen molar-refractivity contribution in [2.75, 3.05) is 16.8 Å². The summed E-state index contributed by atoms with van der Waals surface area (Å²) in [5.74, 6) is 0.422. The highest BCUT2D eigenvalue weighted by atomic mass is 32.1. The first-order chi connectivity index (χ1) is 12.6. The molecule has 4 rings (SSSR count). The number of thiazole rings is 1. The number of aromatic nitrogens is 1. The van der Waals surface area contributed by atoms with Gasteiger partial charge in [0, 0.05) is 35.0 Å². The van der Waals surface area contributed by atoms with E-state index in [9.17, 15) is 9.59 Å². The quantitative estimate of drug-likeness (QED) is 0.880. The Morgan fingerprint density at radius 3 is 2.85 bits per heavy atom. The molecule has 6 heteroatoms. The number of fused-ring (bicyclic) bond motifs is 1. The molecule has 1 N–H and O–H groups in total. The van der Waals surface area contributed by atoms with Gasteiger partial charge < -0.3 is 10.2 Å². The normalized spacial score (nSPS) is 16.3. The largest absolute Gasteiger partial charge is 0.312 e. The van der Waals surface area contributed by atoms with Crippen LogP contribution in [0.5, 0.6) is 0 Å². The van der Waals surface area contributed by atoms with Crippen LogP contribution in [0.25, 0.3) is 11.3 Å². The third-order valence-corrected chi connectivity index (χ3v) is 6.24. The second-order valence-electron chi connectivity index (χ2n) is 7.03. The van der Waals surface area contributed by atoms with Gasteiger partial charge in [0.2, 0.25) is 11.8 Å². The SMILES string of the molecule is CCC(=O)N1CCc2cc(-c3nc(NC(=O)C4CCC4)sc3C)ccc21. The number of amides is 2. The molecule has 2 heterocycles. The van der Waals surface area contributed by atoms with Crippen LogP contribution in [-0.4, -0.2) is 23.3 Å². The number of hydrogen-bond acceptors (Lipinski definition) is 4. The molecule has 0 spiro atoms. The van der Waals surface area contributed by atoms with Gasteiger partial charge in [0.15, 0.2) is 5.13 Å². The van der Waals surface area contributed by atoms with Crippen LogP contribution in [0, 0.1) is 12.8 Å². The Labute approximate surface area is 157 Å². The Morgan fingerprint density at radius 2 is 2.15 bits per heavy atom. The van der Waals surface area contributed by atoms with Crippen LogP contribution in [0.2, 0.25) is 0 Å². The van der Waals surface area contributed by atoms with Crippen molar-refractivity contribution in [3.8, 4) is 11.3 Å². The molecule has 1 aromatic carbocycles. The highest BCUT2D eigenvalue weighted by molar-refractivity contribution is 7.16. The number of hydrogen-bond donors (Lipinski definition) is 1. The summed E-state index contributed by atoms with van der Waals surface area (Å²) < 4.78 is 0. The molecule has 0 bridgehead atoms. The van der Waals surface area contributed by atoms with Crippen molar-refractivity contribution < 1.29 is 9.59 Å². The molecule has 1 aliphatic carbocycles. The minimum absolute atomic E-state index is 0.0965. The molecule has 0 atom stereocenters. The van der Waals surface area contributed by atoms with Crippen molar-refractivity contribution in [2.45, 2.75) is 46.0 Å². The summed E-state index contributed by atoms with van der Waals surface area (Å²) in [6, 6.07) is 6.19. The van der Waals surface area contributed by atoms with Gasteiger partial charge in [0.1, 0.15) is 0 Å². The van der Waals surface area contributed by atoms with Crippen molar-refractivity contribution in [1.82, 2.24) is 4.98 Å². The van der Waals surface area contributed by atoms with Crippen molar-refractivity contribution in [3.05, 3.63) is 28.6 Å². The summed E-state index contributed by atoms with van der Waals surface area (Å²) in [6.07, 6.45) is 4.52. The van der Waals surface area contributed by atoms with E-state index in [0.717, 1.165) is 54.0 Å². The van der Waals surface area contributed by atoms with E-state index in [1.165, 1.54) is 16.9 Å². The molecule has 1 fully saturated rings. The summed E-state index contributed by atoms with van der Waals surface area (Å²) in [5, 5.41) is 3.65. The van der Waals surface area contributed by atoms with E-state index in [4.69, 9.17) is 0 Å². The average molecular weight is 369 g/mol. The molecule has 1 aromatic heterocycles. The summed E-state index contributed by atoms with van der Waals surface area (Å²) in [6.45, 7) is 4.68. The van der Waals surface area contributed by atoms with Crippen LogP contribution >= 0.6 is 11.3 Å². The zero-order valence-electron chi connectivity index (χ0n) is 15.2. The molecule has 2 aromatic rings. The number of carbonyl (C=O) groups is 2. The summed E-state index contributed by atoms with van der Waals surface area (Å²) in [5.41, 5.74) is 4.18. The van der Waals surface area contributed by atoms with Gasteiger partial charge in [-0.05, 0) is 43.9 Å². The zero-order chi connectivity index (χ0) is 18.3. The van der Waals surface area contributed by atoms with Crippen LogP contribution in [0.4, 0.5) is 10.8 Å². The van der Waals surface area contributed by atoms with E-state index in [-0.39, 0.29) is 17.7 Å². The topological polar surface area (TPSA) is 62.3 Å². The Morgan fingerprint density at radius 1 is 1.35 bits per heavy atom. The lowest BCUT2D eigenvalue weighted by molar-refractivity contribution is -0.122. The Kier molecular flexibility index (Phi) is 4.53. The molecular weight excluding hydrogens is 346 g/mol. The van der Waals surface area contributed by atoms with Gasteiger partial charge in [-0.25, -0.2) is 4.98 Å². The number of nitrogens with one attached hydrogen (secondary N) is 1. The summed E-state index contributed by atoms with van der Waals surface area (Å²) in [7, 11) is 0. The minimum atomic E-state index is 0.0965. The van der Waals surface area contributed by atoms with Crippen LogP contribution < -0.4 is 10.2 Å². The molecule has 1 aliphatic heterocycles. The monoisotopic (exact) mass is 369 g/mol. The fraction of sp³-hybridized carbons (Fsp3) is 0.450. The van der Waals surface area contributed by atoms with E-state index in [1.807, 2.05) is 30.9 Å². The maximum absolute atomic E-state index is 12.2. The van der Waals surface area contributed by atoms with E-state index >= 15 is 0 Å². The lowest BCUT2D eigenvalue weighted by atomic mass is 9.85. The van der Waals surface area contributed by atoms with E-state index < -0.39 is 0 Å². The van der Waals surface area contributed by atoms with Gasteiger partial charge in [-0.1, -0.05) is 19.4 Å². The maximum atomic E-state index is 12.2. The van der Waals surface area contributed by atoms with Crippen LogP contribution in [0.1, 0.15) is 43.0 Å². The smallest absolute Gasteiger partial charge is 0.229 e. The molecule has 0 saturated heterocycles. The third kappa shape index (κ3) is 3.03. The Balaban J connectivity index is 1.56. The van der Waals surface area contributed by atoms with Crippen LogP contribution in [-0.2, 0) is 16.0 Å². The molecule has 2 amide bonds. The molecule has 1 saturated carbocycles. The molecule has 136 valence electrons. The molecule has 26 heavy (non-hydrogen) atoms. The second-order valence-corrected chi connectivity index (χ2v) is 8.24. The predicted octanol–water partition coefficient (Wildman–Crippen LogP) is 4.16. The van der Waals surface area contributed by atoms with E-state index in [2.05, 4.69) is 16.4 Å². The van der Waals surface area contributed by atoms with E-state index in [0.29, 0.717) is 11.6 Å². The minimum Gasteiger partial charge on any atom is -0.312 e. The average Bonchev–Trinajstić information content (AvgIpc) is 3.15. The Hall–Kier alpha value is -2.21. The summed E-state index contributed by atoms with van der Waals surface area (Å²) in [4.78, 5) is 31.8. The second kappa shape index (κ2) is 6.83. The number of anilines is 2. The van der Waals surface area contributed by atoms with Crippen LogP contribution in [0.3, 0.4) is 0 Å². The van der Waals surface area contributed by atoms with Gasteiger partial charge in [-0.2, -0.15) is 0 Å². The number of aryl methyl sites for hydroxylation is 1. The third-order valence-electron chi connectivity index (χ3n) is 5.35. The number of rotatable bonds is 4. The molecule has 2 aliphatic rings. The highest BCUT2D eigenvalue weighted by Crippen LogP contribution is 2.36. The van der Waals surface area contributed by atoms with Crippen molar-refractivity contribution >= 4 is 34.0 Å². The van der Waals surface area contributed by atoms with Crippen LogP contribution in [0.15, 0.2) is 18.2 Å². The number of benzene rings is 1. The van der Waals surface area contributed by atoms with Gasteiger partial charge in [0.25, 0.3) is 0 Å². The molecular formula is C20H23N3O2S.